The SMILES string of the molecule is CC(=O)c1c(C)ccc(-n2c(=O)[nH]c(=O)c3cccnc32)c1C. The molecule has 1 N–H and O–H groups in total. The molecule has 0 saturated heterocycles. The first-order valence-electron chi connectivity index (χ1n) is 7.13. The minimum atomic E-state index is -0.581. The third kappa shape index (κ3) is 2.28. The van der Waals surface area contributed by atoms with Crippen LogP contribution in [0, 0.1) is 13.8 Å². The van der Waals surface area contributed by atoms with Crippen LogP contribution in [0.5, 0.6) is 0 Å². The number of nitrogens with zero attached hydrogens (tertiary/aromatic N) is 2. The number of carbonyl (C=O) groups is 1. The summed E-state index contributed by atoms with van der Waals surface area (Å²) in [6.45, 7) is 5.12. The van der Waals surface area contributed by atoms with Crippen molar-refractivity contribution in [2.24, 2.45) is 0 Å². The Morgan fingerprint density at radius 3 is 2.61 bits per heavy atom. The van der Waals surface area contributed by atoms with Gasteiger partial charge in [0.1, 0.15) is 0 Å². The van der Waals surface area contributed by atoms with Crippen molar-refractivity contribution in [3.8, 4) is 5.69 Å². The molecule has 0 bridgehead atoms. The number of fused-ring (bicyclic) bond motifs is 1. The lowest BCUT2D eigenvalue weighted by Crippen LogP contribution is -2.30. The fraction of sp³-hybridized carbons (Fsp3) is 0.176. The number of H-pyrrole nitrogens is 1. The molecule has 3 aromatic rings. The molecular formula is C17H15N3O3. The molecule has 1 aromatic carbocycles. The summed E-state index contributed by atoms with van der Waals surface area (Å²) >= 11 is 0. The second-order valence-electron chi connectivity index (χ2n) is 5.43. The fourth-order valence-corrected chi connectivity index (χ4v) is 2.91. The molecule has 0 unspecified atom stereocenters. The summed E-state index contributed by atoms with van der Waals surface area (Å²) in [5.41, 5.74) is 1.83. The van der Waals surface area contributed by atoms with E-state index in [2.05, 4.69) is 9.97 Å². The monoisotopic (exact) mass is 309 g/mol. The van der Waals surface area contributed by atoms with Crippen LogP contribution >= 0.6 is 0 Å². The first kappa shape index (κ1) is 14.9. The summed E-state index contributed by atoms with van der Waals surface area (Å²) in [6.07, 6.45) is 1.52. The van der Waals surface area contributed by atoms with Gasteiger partial charge in [-0.1, -0.05) is 6.07 Å². The zero-order chi connectivity index (χ0) is 16.7. The number of aryl methyl sites for hydroxylation is 1. The van der Waals surface area contributed by atoms with E-state index in [9.17, 15) is 14.4 Å². The first-order valence-corrected chi connectivity index (χ1v) is 7.13. The maximum atomic E-state index is 12.4. The number of ketones is 1. The van der Waals surface area contributed by atoms with Crippen molar-refractivity contribution in [3.63, 3.8) is 0 Å². The van der Waals surface area contributed by atoms with Crippen molar-refractivity contribution in [2.75, 3.05) is 0 Å². The van der Waals surface area contributed by atoms with Gasteiger partial charge >= 0.3 is 5.69 Å². The van der Waals surface area contributed by atoms with E-state index in [1.807, 2.05) is 6.92 Å². The van der Waals surface area contributed by atoms with E-state index in [0.29, 0.717) is 22.2 Å². The molecule has 23 heavy (non-hydrogen) atoms. The maximum absolute atomic E-state index is 12.4. The van der Waals surface area contributed by atoms with Gasteiger partial charge in [0.2, 0.25) is 0 Å². The zero-order valence-corrected chi connectivity index (χ0v) is 13.0. The number of carbonyl (C=O) groups excluding carboxylic acids is 1. The molecule has 0 aliphatic rings. The number of Topliss-reactive ketones (excluding diaryl/α,β-unsaturated/α-hetero) is 1. The lowest BCUT2D eigenvalue weighted by Gasteiger charge is -2.15. The number of benzene rings is 1. The van der Waals surface area contributed by atoms with Gasteiger partial charge in [0, 0.05) is 11.8 Å². The zero-order valence-electron chi connectivity index (χ0n) is 13.0. The van der Waals surface area contributed by atoms with E-state index < -0.39 is 11.2 Å². The van der Waals surface area contributed by atoms with Crippen molar-refractivity contribution < 1.29 is 4.79 Å². The summed E-state index contributed by atoms with van der Waals surface area (Å²) in [7, 11) is 0. The Hall–Kier alpha value is -3.02. The molecule has 2 heterocycles. The summed E-state index contributed by atoms with van der Waals surface area (Å²) in [5.74, 6) is -0.0726. The van der Waals surface area contributed by atoms with Crippen molar-refractivity contribution >= 4 is 16.8 Å². The summed E-state index contributed by atoms with van der Waals surface area (Å²) in [5, 5.41) is 0.316. The maximum Gasteiger partial charge on any atom is 0.334 e. The van der Waals surface area contributed by atoms with Gasteiger partial charge in [-0.3, -0.25) is 14.6 Å². The summed E-state index contributed by atoms with van der Waals surface area (Å²) in [6, 6.07) is 6.78. The Morgan fingerprint density at radius 2 is 1.91 bits per heavy atom. The topological polar surface area (TPSA) is 84.8 Å². The fourth-order valence-electron chi connectivity index (χ4n) is 2.91. The Bertz CT molecular complexity index is 1060. The molecule has 0 fully saturated rings. The summed E-state index contributed by atoms with van der Waals surface area (Å²) < 4.78 is 1.33. The quantitative estimate of drug-likeness (QED) is 0.733. The van der Waals surface area contributed by atoms with Crippen LogP contribution in [0.3, 0.4) is 0 Å². The highest BCUT2D eigenvalue weighted by Gasteiger charge is 2.16. The third-order valence-corrected chi connectivity index (χ3v) is 3.90. The average Bonchev–Trinajstić information content (AvgIpc) is 2.49. The molecule has 116 valence electrons. The van der Waals surface area contributed by atoms with Gasteiger partial charge in [-0.15, -0.1) is 0 Å². The number of nitrogens with one attached hydrogen (secondary N) is 1. The van der Waals surface area contributed by atoms with E-state index in [4.69, 9.17) is 0 Å². The molecule has 0 saturated carbocycles. The van der Waals surface area contributed by atoms with Crippen LogP contribution in [0.1, 0.15) is 28.4 Å². The molecule has 0 aliphatic carbocycles. The van der Waals surface area contributed by atoms with Crippen LogP contribution in [-0.4, -0.2) is 20.3 Å². The Balaban J connectivity index is 2.48. The largest absolute Gasteiger partial charge is 0.334 e. The van der Waals surface area contributed by atoms with Gasteiger partial charge in [-0.05, 0) is 50.1 Å². The standard InChI is InChI=1S/C17H15N3O3/c1-9-6-7-13(10(2)14(9)11(3)21)20-15-12(5-4-8-18-15)16(22)19-17(20)23/h4-8H,1-3H3,(H,19,22,23). The molecule has 0 aliphatic heterocycles. The van der Waals surface area contributed by atoms with Crippen LogP contribution < -0.4 is 11.2 Å². The molecule has 0 atom stereocenters. The molecule has 0 amide bonds. The smallest absolute Gasteiger partial charge is 0.294 e. The van der Waals surface area contributed by atoms with Crippen molar-refractivity contribution in [1.82, 2.24) is 14.5 Å². The second-order valence-corrected chi connectivity index (χ2v) is 5.43. The van der Waals surface area contributed by atoms with Crippen LogP contribution in [-0.2, 0) is 0 Å². The lowest BCUT2D eigenvalue weighted by atomic mass is 9.98. The molecule has 2 aromatic heterocycles. The van der Waals surface area contributed by atoms with Gasteiger partial charge in [0.15, 0.2) is 11.4 Å². The van der Waals surface area contributed by atoms with Gasteiger partial charge < -0.3 is 0 Å². The number of hydrogen-bond acceptors (Lipinski definition) is 4. The Labute approximate surface area is 131 Å². The van der Waals surface area contributed by atoms with Crippen molar-refractivity contribution in [3.05, 3.63) is 68.0 Å². The first-order chi connectivity index (χ1) is 10.9. The number of rotatable bonds is 2. The number of aromatic amines is 1. The van der Waals surface area contributed by atoms with Gasteiger partial charge in [-0.25, -0.2) is 14.3 Å². The summed E-state index contributed by atoms with van der Waals surface area (Å²) in [4.78, 5) is 42.7. The van der Waals surface area contributed by atoms with E-state index in [0.717, 1.165) is 5.56 Å². The highest BCUT2D eigenvalue weighted by Crippen LogP contribution is 2.22. The molecule has 0 spiro atoms. The number of hydrogen-bond donors (Lipinski definition) is 1. The van der Waals surface area contributed by atoms with E-state index in [-0.39, 0.29) is 11.4 Å². The molecule has 3 rings (SSSR count). The van der Waals surface area contributed by atoms with Gasteiger partial charge in [0.25, 0.3) is 5.56 Å². The van der Waals surface area contributed by atoms with Crippen LogP contribution in [0.2, 0.25) is 0 Å². The van der Waals surface area contributed by atoms with Crippen molar-refractivity contribution in [1.29, 1.82) is 0 Å². The molecule has 0 radical (unpaired) electrons. The predicted molar refractivity (Wildman–Crippen MR) is 87.4 cm³/mol. The number of aromatic nitrogens is 3. The van der Waals surface area contributed by atoms with Gasteiger partial charge in [-0.2, -0.15) is 0 Å². The van der Waals surface area contributed by atoms with Crippen molar-refractivity contribution in [2.45, 2.75) is 20.8 Å². The van der Waals surface area contributed by atoms with E-state index >= 15 is 0 Å². The van der Waals surface area contributed by atoms with Crippen LogP contribution in [0.4, 0.5) is 0 Å². The average molecular weight is 309 g/mol. The van der Waals surface area contributed by atoms with Crippen LogP contribution in [0.15, 0.2) is 40.1 Å². The Kier molecular flexibility index (Phi) is 3.44. The molecule has 6 nitrogen and oxygen atoms in total. The number of pyridine rings is 1. The highest BCUT2D eigenvalue weighted by atomic mass is 16.2. The highest BCUT2D eigenvalue weighted by molar-refractivity contribution is 5.98. The van der Waals surface area contributed by atoms with E-state index in [1.54, 1.807) is 31.2 Å². The van der Waals surface area contributed by atoms with E-state index in [1.165, 1.54) is 17.7 Å². The second kappa shape index (κ2) is 5.31. The Morgan fingerprint density at radius 1 is 1.17 bits per heavy atom. The molecule has 6 heteroatoms. The predicted octanol–water partition coefficient (Wildman–Crippen LogP) is 1.89. The lowest BCUT2D eigenvalue weighted by molar-refractivity contribution is 0.101. The normalized spacial score (nSPS) is 10.9. The molecular weight excluding hydrogens is 294 g/mol. The van der Waals surface area contributed by atoms with Gasteiger partial charge in [0.05, 0.1) is 11.1 Å². The third-order valence-electron chi connectivity index (χ3n) is 3.90. The minimum absolute atomic E-state index is 0.0726. The van der Waals surface area contributed by atoms with Crippen LogP contribution in [0.25, 0.3) is 16.7 Å². The minimum Gasteiger partial charge on any atom is -0.294 e.